The van der Waals surface area contributed by atoms with Crippen molar-refractivity contribution in [1.29, 1.82) is 0 Å². The Labute approximate surface area is 119 Å². The van der Waals surface area contributed by atoms with E-state index in [1.807, 2.05) is 6.07 Å². The molecule has 0 spiro atoms. The summed E-state index contributed by atoms with van der Waals surface area (Å²) in [6, 6.07) is 5.88. The molecule has 104 valence electrons. The van der Waals surface area contributed by atoms with E-state index in [4.69, 9.17) is 11.6 Å². The fourth-order valence-electron chi connectivity index (χ4n) is 2.59. The standard InChI is InChI=1S/C15H21ClN2O/c1-10-5-4-6-13(10)17-14-9-11(7-8-12(14)16)15(19)18(2)3/h7-10,13,17H,4-6H2,1-3H3. The minimum absolute atomic E-state index is 0.000753. The first-order valence-corrected chi connectivity index (χ1v) is 7.14. The van der Waals surface area contributed by atoms with Gasteiger partial charge in [-0.25, -0.2) is 0 Å². The monoisotopic (exact) mass is 280 g/mol. The lowest BCUT2D eigenvalue weighted by Gasteiger charge is -2.20. The Morgan fingerprint density at radius 1 is 1.37 bits per heavy atom. The summed E-state index contributed by atoms with van der Waals surface area (Å²) in [5.41, 5.74) is 1.54. The van der Waals surface area contributed by atoms with Gasteiger partial charge in [0.1, 0.15) is 0 Å². The molecule has 1 fully saturated rings. The van der Waals surface area contributed by atoms with Gasteiger partial charge in [-0.2, -0.15) is 0 Å². The molecule has 2 rings (SSSR count). The average molecular weight is 281 g/mol. The lowest BCUT2D eigenvalue weighted by atomic mass is 10.1. The van der Waals surface area contributed by atoms with Gasteiger partial charge in [-0.15, -0.1) is 0 Å². The first-order valence-electron chi connectivity index (χ1n) is 6.77. The van der Waals surface area contributed by atoms with Gasteiger partial charge in [0.05, 0.1) is 10.7 Å². The molecule has 0 aliphatic heterocycles. The van der Waals surface area contributed by atoms with Crippen molar-refractivity contribution < 1.29 is 4.79 Å². The fourth-order valence-corrected chi connectivity index (χ4v) is 2.76. The minimum atomic E-state index is -0.000753. The van der Waals surface area contributed by atoms with Crippen LogP contribution in [0.25, 0.3) is 0 Å². The lowest BCUT2D eigenvalue weighted by Crippen LogP contribution is -2.24. The van der Waals surface area contributed by atoms with Gasteiger partial charge in [0, 0.05) is 25.7 Å². The Hall–Kier alpha value is -1.22. The molecule has 1 amide bonds. The third-order valence-corrected chi connectivity index (χ3v) is 4.15. The van der Waals surface area contributed by atoms with Crippen LogP contribution < -0.4 is 5.32 Å². The molecule has 3 nitrogen and oxygen atoms in total. The van der Waals surface area contributed by atoms with E-state index in [1.165, 1.54) is 19.3 Å². The highest BCUT2D eigenvalue weighted by Gasteiger charge is 2.24. The van der Waals surface area contributed by atoms with E-state index < -0.39 is 0 Å². The molecule has 4 heteroatoms. The van der Waals surface area contributed by atoms with E-state index in [9.17, 15) is 4.79 Å². The Kier molecular flexibility index (Phi) is 4.35. The SMILES string of the molecule is CC1CCCC1Nc1cc(C(=O)N(C)C)ccc1Cl. The van der Waals surface area contributed by atoms with Gasteiger partial charge in [0.25, 0.3) is 5.91 Å². The van der Waals surface area contributed by atoms with Crippen molar-refractivity contribution in [2.45, 2.75) is 32.2 Å². The molecule has 0 aromatic heterocycles. The molecule has 19 heavy (non-hydrogen) atoms. The van der Waals surface area contributed by atoms with Crippen molar-refractivity contribution in [3.05, 3.63) is 28.8 Å². The van der Waals surface area contributed by atoms with Crippen molar-refractivity contribution in [1.82, 2.24) is 4.90 Å². The smallest absolute Gasteiger partial charge is 0.253 e. The third-order valence-electron chi connectivity index (χ3n) is 3.82. The highest BCUT2D eigenvalue weighted by atomic mass is 35.5. The number of carbonyl (C=O) groups is 1. The first-order chi connectivity index (χ1) is 8.99. The number of benzene rings is 1. The maximum absolute atomic E-state index is 12.0. The number of anilines is 1. The zero-order valence-corrected chi connectivity index (χ0v) is 12.5. The van der Waals surface area contributed by atoms with Crippen LogP contribution in [0.3, 0.4) is 0 Å². The van der Waals surface area contributed by atoms with Crippen molar-refractivity contribution >= 4 is 23.2 Å². The predicted molar refractivity (Wildman–Crippen MR) is 79.9 cm³/mol. The first kappa shape index (κ1) is 14.2. The van der Waals surface area contributed by atoms with Crippen LogP contribution in [0.2, 0.25) is 5.02 Å². The zero-order chi connectivity index (χ0) is 14.0. The summed E-state index contributed by atoms with van der Waals surface area (Å²) in [7, 11) is 3.51. The van der Waals surface area contributed by atoms with Crippen LogP contribution in [0.5, 0.6) is 0 Å². The van der Waals surface area contributed by atoms with Gasteiger partial charge in [0.15, 0.2) is 0 Å². The molecule has 0 radical (unpaired) electrons. The van der Waals surface area contributed by atoms with Crippen molar-refractivity contribution in [3.63, 3.8) is 0 Å². The van der Waals surface area contributed by atoms with E-state index in [1.54, 1.807) is 31.1 Å². The number of amides is 1. The summed E-state index contributed by atoms with van der Waals surface area (Å²) in [5, 5.41) is 4.17. The predicted octanol–water partition coefficient (Wildman–Crippen LogP) is 3.64. The van der Waals surface area contributed by atoms with Crippen LogP contribution >= 0.6 is 11.6 Å². The van der Waals surface area contributed by atoms with Gasteiger partial charge in [-0.1, -0.05) is 24.9 Å². The molecule has 0 heterocycles. The van der Waals surface area contributed by atoms with Crippen LogP contribution in [0, 0.1) is 5.92 Å². The molecule has 2 atom stereocenters. The van der Waals surface area contributed by atoms with Crippen LogP contribution in [0.4, 0.5) is 5.69 Å². The number of hydrogen-bond acceptors (Lipinski definition) is 2. The van der Waals surface area contributed by atoms with Crippen LogP contribution in [-0.4, -0.2) is 30.9 Å². The minimum Gasteiger partial charge on any atom is -0.381 e. The van der Waals surface area contributed by atoms with Gasteiger partial charge >= 0.3 is 0 Å². The van der Waals surface area contributed by atoms with Gasteiger partial charge in [0.2, 0.25) is 0 Å². The van der Waals surface area contributed by atoms with Gasteiger partial charge in [-0.3, -0.25) is 4.79 Å². The number of halogens is 1. The Morgan fingerprint density at radius 3 is 2.68 bits per heavy atom. The lowest BCUT2D eigenvalue weighted by molar-refractivity contribution is 0.0827. The summed E-state index contributed by atoms with van der Waals surface area (Å²) >= 11 is 6.22. The van der Waals surface area contributed by atoms with Gasteiger partial charge < -0.3 is 10.2 Å². The summed E-state index contributed by atoms with van der Waals surface area (Å²) in [6.45, 7) is 2.26. The van der Waals surface area contributed by atoms with E-state index >= 15 is 0 Å². The Bertz CT molecular complexity index is 473. The van der Waals surface area contributed by atoms with E-state index in [0.29, 0.717) is 22.5 Å². The summed E-state index contributed by atoms with van der Waals surface area (Å²) < 4.78 is 0. The molecule has 0 bridgehead atoms. The normalized spacial score (nSPS) is 22.3. The molecule has 2 unspecified atom stereocenters. The van der Waals surface area contributed by atoms with Crippen LogP contribution in [0.1, 0.15) is 36.5 Å². The number of nitrogens with zero attached hydrogens (tertiary/aromatic N) is 1. The van der Waals surface area contributed by atoms with E-state index in [2.05, 4.69) is 12.2 Å². The fraction of sp³-hybridized carbons (Fsp3) is 0.533. The molecule has 1 aromatic carbocycles. The highest BCUT2D eigenvalue weighted by Crippen LogP contribution is 2.31. The molecule has 1 aliphatic carbocycles. The van der Waals surface area contributed by atoms with Crippen molar-refractivity contribution in [3.8, 4) is 0 Å². The van der Waals surface area contributed by atoms with Gasteiger partial charge in [-0.05, 0) is 37.0 Å². The molecular formula is C15H21ClN2O. The maximum atomic E-state index is 12.0. The number of carbonyl (C=O) groups excluding carboxylic acids is 1. The summed E-state index contributed by atoms with van der Waals surface area (Å²) in [5.74, 6) is 0.656. The average Bonchev–Trinajstić information content (AvgIpc) is 2.77. The van der Waals surface area contributed by atoms with Crippen LogP contribution in [0.15, 0.2) is 18.2 Å². The number of nitrogens with one attached hydrogen (secondary N) is 1. The molecule has 1 N–H and O–H groups in total. The second-order valence-corrected chi connectivity index (χ2v) is 5.96. The molecule has 1 aromatic rings. The van der Waals surface area contributed by atoms with E-state index in [0.717, 1.165) is 5.69 Å². The number of rotatable bonds is 3. The number of hydrogen-bond donors (Lipinski definition) is 1. The molecule has 0 saturated heterocycles. The Morgan fingerprint density at radius 2 is 2.11 bits per heavy atom. The zero-order valence-electron chi connectivity index (χ0n) is 11.7. The Balaban J connectivity index is 2.19. The van der Waals surface area contributed by atoms with E-state index in [-0.39, 0.29) is 5.91 Å². The second kappa shape index (κ2) is 5.83. The third kappa shape index (κ3) is 3.21. The largest absolute Gasteiger partial charge is 0.381 e. The highest BCUT2D eigenvalue weighted by molar-refractivity contribution is 6.33. The second-order valence-electron chi connectivity index (χ2n) is 5.55. The molecule has 1 aliphatic rings. The molecular weight excluding hydrogens is 260 g/mol. The van der Waals surface area contributed by atoms with Crippen LogP contribution in [-0.2, 0) is 0 Å². The summed E-state index contributed by atoms with van der Waals surface area (Å²) in [4.78, 5) is 13.5. The van der Waals surface area contributed by atoms with Crippen molar-refractivity contribution in [2.24, 2.45) is 5.92 Å². The maximum Gasteiger partial charge on any atom is 0.253 e. The molecule has 1 saturated carbocycles. The quantitative estimate of drug-likeness (QED) is 0.917. The van der Waals surface area contributed by atoms with Crippen molar-refractivity contribution in [2.75, 3.05) is 19.4 Å². The summed E-state index contributed by atoms with van der Waals surface area (Å²) in [6.07, 6.45) is 3.68. The topological polar surface area (TPSA) is 32.3 Å².